The van der Waals surface area contributed by atoms with Crippen molar-refractivity contribution in [1.82, 2.24) is 24.7 Å². The summed E-state index contributed by atoms with van der Waals surface area (Å²) in [5, 5.41) is 11.2. The number of nitrogens with zero attached hydrogens (tertiary/aromatic N) is 3. The number of rotatable bonds is 11. The highest BCUT2D eigenvalue weighted by atomic mass is 32.2. The van der Waals surface area contributed by atoms with Crippen LogP contribution in [0.4, 0.5) is 0 Å². The molecule has 3 unspecified atom stereocenters. The SMILES string of the molecule is CC(NC(=O)c1cnn(CCN(C2CCNCC2)S(C)(=O)=O)c1OCC1CCCCC1)C1CC2CCCC(C2)C1. The molecule has 226 valence electrons. The Kier molecular flexibility index (Phi) is 10.1. The number of nitrogens with one attached hydrogen (secondary N) is 2. The molecule has 0 spiro atoms. The normalized spacial score (nSPS) is 27.4. The zero-order valence-corrected chi connectivity index (χ0v) is 25.5. The number of sulfonamides is 1. The quantitative estimate of drug-likeness (QED) is 0.409. The molecule has 3 saturated carbocycles. The van der Waals surface area contributed by atoms with Crippen LogP contribution in [0.25, 0.3) is 0 Å². The Morgan fingerprint density at radius 3 is 2.45 bits per heavy atom. The van der Waals surface area contributed by atoms with E-state index in [0.29, 0.717) is 43.0 Å². The summed E-state index contributed by atoms with van der Waals surface area (Å²) in [6.45, 7) is 5.02. The van der Waals surface area contributed by atoms with Gasteiger partial charge in [-0.1, -0.05) is 38.5 Å². The second-order valence-corrected chi connectivity index (χ2v) is 15.1. The molecule has 2 N–H and O–H groups in total. The highest BCUT2D eigenvalue weighted by molar-refractivity contribution is 7.88. The lowest BCUT2D eigenvalue weighted by molar-refractivity contribution is 0.0848. The van der Waals surface area contributed by atoms with Gasteiger partial charge in [0, 0.05) is 18.6 Å². The Hall–Kier alpha value is -1.65. The third-order valence-corrected chi connectivity index (χ3v) is 11.5. The lowest BCUT2D eigenvalue weighted by atomic mass is 9.66. The topological polar surface area (TPSA) is 106 Å². The molecular formula is C30H51N5O4S. The van der Waals surface area contributed by atoms with E-state index < -0.39 is 10.0 Å². The monoisotopic (exact) mass is 577 g/mol. The minimum atomic E-state index is -3.38. The fourth-order valence-electron chi connectivity index (χ4n) is 7.89. The first kappa shape index (κ1) is 29.8. The molecule has 4 aliphatic rings. The third kappa shape index (κ3) is 7.59. The number of carbonyl (C=O) groups is 1. The number of piperidine rings is 1. The molecule has 40 heavy (non-hydrogen) atoms. The van der Waals surface area contributed by atoms with Crippen molar-refractivity contribution in [3.8, 4) is 5.88 Å². The van der Waals surface area contributed by atoms with E-state index in [9.17, 15) is 13.2 Å². The van der Waals surface area contributed by atoms with Gasteiger partial charge in [-0.05, 0) is 88.6 Å². The summed E-state index contributed by atoms with van der Waals surface area (Å²) in [6.07, 6.45) is 18.3. The van der Waals surface area contributed by atoms with Gasteiger partial charge in [-0.3, -0.25) is 4.79 Å². The summed E-state index contributed by atoms with van der Waals surface area (Å²) in [5.74, 6) is 2.97. The highest BCUT2D eigenvalue weighted by Gasteiger charge is 2.35. The average molecular weight is 578 g/mol. The molecule has 1 amide bonds. The van der Waals surface area contributed by atoms with Crippen LogP contribution in [-0.2, 0) is 16.6 Å². The number of fused-ring (bicyclic) bond motifs is 2. The van der Waals surface area contributed by atoms with Gasteiger partial charge in [-0.25, -0.2) is 13.1 Å². The molecule has 1 aliphatic heterocycles. The van der Waals surface area contributed by atoms with Crippen LogP contribution in [0.5, 0.6) is 5.88 Å². The van der Waals surface area contributed by atoms with Crippen molar-refractivity contribution >= 4 is 15.9 Å². The van der Waals surface area contributed by atoms with Crippen molar-refractivity contribution in [2.45, 2.75) is 109 Å². The average Bonchev–Trinajstić information content (AvgIpc) is 3.35. The maximum absolute atomic E-state index is 13.6. The zero-order chi connectivity index (χ0) is 28.1. The van der Waals surface area contributed by atoms with Crippen LogP contribution in [0.2, 0.25) is 0 Å². The van der Waals surface area contributed by atoms with Crippen molar-refractivity contribution in [3.05, 3.63) is 11.8 Å². The van der Waals surface area contributed by atoms with E-state index in [1.807, 2.05) is 0 Å². The number of ether oxygens (including phenoxy) is 1. The van der Waals surface area contributed by atoms with E-state index in [0.717, 1.165) is 50.6 Å². The Labute approximate surface area is 241 Å². The number of hydrogen-bond acceptors (Lipinski definition) is 6. The predicted molar refractivity (Wildman–Crippen MR) is 157 cm³/mol. The molecular weight excluding hydrogens is 526 g/mol. The Bertz CT molecular complexity index is 1070. The molecule has 0 aromatic carbocycles. The molecule has 5 rings (SSSR count). The number of aromatic nitrogens is 2. The van der Waals surface area contributed by atoms with Gasteiger partial charge in [0.25, 0.3) is 5.91 Å². The summed E-state index contributed by atoms with van der Waals surface area (Å²) in [5.41, 5.74) is 0.464. The molecule has 1 aromatic rings. The van der Waals surface area contributed by atoms with E-state index in [1.54, 1.807) is 15.2 Å². The van der Waals surface area contributed by atoms with Crippen LogP contribution in [-0.4, -0.2) is 73.0 Å². The largest absolute Gasteiger partial charge is 0.477 e. The fourth-order valence-corrected chi connectivity index (χ4v) is 9.06. The summed E-state index contributed by atoms with van der Waals surface area (Å²) in [4.78, 5) is 13.6. The van der Waals surface area contributed by atoms with Crippen LogP contribution < -0.4 is 15.4 Å². The lowest BCUT2D eigenvalue weighted by Gasteiger charge is -2.41. The molecule has 1 aromatic heterocycles. The zero-order valence-electron chi connectivity index (χ0n) is 24.7. The maximum atomic E-state index is 13.6. The first-order valence-corrected chi connectivity index (χ1v) is 17.8. The minimum absolute atomic E-state index is 0.0166. The molecule has 2 heterocycles. The molecule has 2 bridgehead atoms. The van der Waals surface area contributed by atoms with Gasteiger partial charge in [0.1, 0.15) is 5.56 Å². The molecule has 3 atom stereocenters. The smallest absolute Gasteiger partial charge is 0.258 e. The van der Waals surface area contributed by atoms with Gasteiger partial charge >= 0.3 is 0 Å². The standard InChI is InChI=1S/C30H51N5O4S/c1-22(26-18-24-9-6-10-25(17-24)19-26)33-29(36)28-20-32-34(30(28)39-21-23-7-4-3-5-8-23)15-16-35(40(2,37)38)27-11-13-31-14-12-27/h20,22-27,31H,3-19,21H2,1-2H3,(H,33,36). The Morgan fingerprint density at radius 1 is 1.07 bits per heavy atom. The summed E-state index contributed by atoms with van der Waals surface area (Å²) >= 11 is 0. The van der Waals surface area contributed by atoms with Crippen LogP contribution in [0, 0.1) is 23.7 Å². The van der Waals surface area contributed by atoms with Gasteiger partial charge in [0.15, 0.2) is 0 Å². The maximum Gasteiger partial charge on any atom is 0.258 e. The van der Waals surface area contributed by atoms with Gasteiger partial charge in [-0.2, -0.15) is 9.40 Å². The van der Waals surface area contributed by atoms with Crippen molar-refractivity contribution in [2.75, 3.05) is 32.5 Å². The molecule has 10 heteroatoms. The fraction of sp³-hybridized carbons (Fsp3) is 0.867. The van der Waals surface area contributed by atoms with E-state index in [1.165, 1.54) is 64.0 Å². The van der Waals surface area contributed by atoms with E-state index in [4.69, 9.17) is 4.74 Å². The number of hydrogen-bond donors (Lipinski definition) is 2. The minimum Gasteiger partial charge on any atom is -0.477 e. The number of amides is 1. The molecule has 9 nitrogen and oxygen atoms in total. The van der Waals surface area contributed by atoms with Gasteiger partial charge in [-0.15, -0.1) is 0 Å². The van der Waals surface area contributed by atoms with Gasteiger partial charge in [0.2, 0.25) is 15.9 Å². The summed E-state index contributed by atoms with van der Waals surface area (Å²) < 4.78 is 35.1. The van der Waals surface area contributed by atoms with Crippen molar-refractivity contribution in [3.63, 3.8) is 0 Å². The van der Waals surface area contributed by atoms with Gasteiger partial charge < -0.3 is 15.4 Å². The highest BCUT2D eigenvalue weighted by Crippen LogP contribution is 2.43. The molecule has 4 fully saturated rings. The predicted octanol–water partition coefficient (Wildman–Crippen LogP) is 4.19. The van der Waals surface area contributed by atoms with Crippen LogP contribution in [0.15, 0.2) is 6.20 Å². The Morgan fingerprint density at radius 2 is 1.77 bits per heavy atom. The summed E-state index contributed by atoms with van der Waals surface area (Å²) in [6, 6.07) is 0.0862. The van der Waals surface area contributed by atoms with Crippen molar-refractivity contribution in [2.24, 2.45) is 23.7 Å². The molecule has 1 saturated heterocycles. The first-order valence-electron chi connectivity index (χ1n) is 15.9. The van der Waals surface area contributed by atoms with E-state index >= 15 is 0 Å². The third-order valence-electron chi connectivity index (χ3n) is 10.1. The molecule has 0 radical (unpaired) electrons. The first-order chi connectivity index (χ1) is 19.3. The van der Waals surface area contributed by atoms with Crippen LogP contribution >= 0.6 is 0 Å². The summed E-state index contributed by atoms with van der Waals surface area (Å²) in [7, 11) is -3.38. The number of carbonyl (C=O) groups excluding carboxylic acids is 1. The van der Waals surface area contributed by atoms with Crippen LogP contribution in [0.3, 0.4) is 0 Å². The van der Waals surface area contributed by atoms with Crippen molar-refractivity contribution < 1.29 is 17.9 Å². The lowest BCUT2D eigenvalue weighted by Crippen LogP contribution is -2.46. The second kappa shape index (κ2) is 13.6. The van der Waals surface area contributed by atoms with Gasteiger partial charge in [0.05, 0.1) is 25.6 Å². The van der Waals surface area contributed by atoms with E-state index in [-0.39, 0.29) is 18.0 Å². The van der Waals surface area contributed by atoms with Crippen molar-refractivity contribution in [1.29, 1.82) is 0 Å². The van der Waals surface area contributed by atoms with E-state index in [2.05, 4.69) is 22.7 Å². The van der Waals surface area contributed by atoms with Crippen LogP contribution in [0.1, 0.15) is 101 Å². The second-order valence-electron chi connectivity index (χ2n) is 13.1. The Balaban J connectivity index is 1.29. The molecule has 3 aliphatic carbocycles.